The summed E-state index contributed by atoms with van der Waals surface area (Å²) in [5.74, 6) is 2.25. The van der Waals surface area contributed by atoms with Gasteiger partial charge in [0.15, 0.2) is 16.6 Å². The third kappa shape index (κ3) is 10.6. The lowest BCUT2D eigenvalue weighted by Gasteiger charge is -2.44. The predicted octanol–water partition coefficient (Wildman–Crippen LogP) is 8.32. The molecule has 0 spiro atoms. The van der Waals surface area contributed by atoms with Crippen molar-refractivity contribution in [3.63, 3.8) is 0 Å². The summed E-state index contributed by atoms with van der Waals surface area (Å²) >= 11 is 4.02. The van der Waals surface area contributed by atoms with Crippen molar-refractivity contribution in [2.45, 2.75) is 120 Å². The molecule has 0 aliphatic carbocycles. The SMILES string of the molecule is CC(C)(C)[Si](C)(C)OC[C@H](O)CC1(C[C@H](COCc2ccccc2)O[Si](C)(C)C(C)(C)C)SCCCS1. The highest BCUT2D eigenvalue weighted by Gasteiger charge is 2.44. The second kappa shape index (κ2) is 13.7. The minimum Gasteiger partial charge on any atom is -0.414 e. The Morgan fingerprint density at radius 1 is 0.865 bits per heavy atom. The van der Waals surface area contributed by atoms with Crippen molar-refractivity contribution < 1.29 is 18.7 Å². The Hall–Kier alpha value is 0.194. The van der Waals surface area contributed by atoms with E-state index in [0.29, 0.717) is 26.2 Å². The van der Waals surface area contributed by atoms with E-state index < -0.39 is 22.7 Å². The first-order chi connectivity index (χ1) is 17.0. The number of hydrogen-bond acceptors (Lipinski definition) is 6. The number of aliphatic hydroxyl groups excluding tert-OH is 1. The molecule has 1 aromatic carbocycles. The van der Waals surface area contributed by atoms with Crippen LogP contribution in [0.3, 0.4) is 0 Å². The van der Waals surface area contributed by atoms with Crippen LogP contribution in [0.25, 0.3) is 0 Å². The maximum Gasteiger partial charge on any atom is 0.192 e. The second-order valence-electron chi connectivity index (χ2n) is 13.6. The first-order valence-electron chi connectivity index (χ1n) is 13.9. The summed E-state index contributed by atoms with van der Waals surface area (Å²) in [5, 5.41) is 11.5. The van der Waals surface area contributed by atoms with Crippen LogP contribution in [0.1, 0.15) is 66.4 Å². The van der Waals surface area contributed by atoms with Crippen molar-refractivity contribution >= 4 is 40.2 Å². The smallest absolute Gasteiger partial charge is 0.192 e. The zero-order valence-electron chi connectivity index (χ0n) is 25.2. The van der Waals surface area contributed by atoms with Crippen LogP contribution < -0.4 is 0 Å². The molecule has 0 bridgehead atoms. The van der Waals surface area contributed by atoms with Crippen LogP contribution in [0.4, 0.5) is 0 Å². The fraction of sp³-hybridized carbons (Fsp3) is 0.793. The molecule has 1 N–H and O–H groups in total. The molecule has 1 heterocycles. The molecule has 0 aromatic heterocycles. The van der Waals surface area contributed by atoms with E-state index in [1.165, 1.54) is 12.0 Å². The van der Waals surface area contributed by atoms with E-state index in [4.69, 9.17) is 13.6 Å². The lowest BCUT2D eigenvalue weighted by molar-refractivity contribution is 0.0251. The van der Waals surface area contributed by atoms with Gasteiger partial charge in [0.25, 0.3) is 0 Å². The van der Waals surface area contributed by atoms with Gasteiger partial charge in [0, 0.05) is 0 Å². The highest BCUT2D eigenvalue weighted by atomic mass is 32.2. The molecule has 0 saturated carbocycles. The minimum atomic E-state index is -2.00. The normalized spacial score (nSPS) is 19.0. The lowest BCUT2D eigenvalue weighted by Crippen LogP contribution is -2.48. The van der Waals surface area contributed by atoms with Crippen molar-refractivity contribution in [3.8, 4) is 0 Å². The van der Waals surface area contributed by atoms with Crippen molar-refractivity contribution in [2.75, 3.05) is 24.7 Å². The molecule has 0 amide bonds. The van der Waals surface area contributed by atoms with Crippen LogP contribution in [-0.4, -0.2) is 62.7 Å². The number of aliphatic hydroxyl groups is 1. The van der Waals surface area contributed by atoms with Gasteiger partial charge in [-0.3, -0.25) is 0 Å². The molecule has 2 rings (SSSR count). The van der Waals surface area contributed by atoms with Crippen LogP contribution in [0.15, 0.2) is 30.3 Å². The quantitative estimate of drug-likeness (QED) is 0.235. The standard InChI is InChI=1S/C29H54O4S2Si2/c1-27(2,3)36(7,8)32-22-25(30)19-29(34-17-14-18-35-29)20-26(33-37(9,10)28(4,5)6)23-31-21-24-15-12-11-13-16-24/h11-13,15-16,25-26,30H,14,17-23H2,1-10H3/t25-,26-/m1/s1. The molecule has 8 heteroatoms. The van der Waals surface area contributed by atoms with Gasteiger partial charge in [-0.25, -0.2) is 0 Å². The number of hydrogen-bond donors (Lipinski definition) is 1. The maximum absolute atomic E-state index is 11.2. The number of benzene rings is 1. The van der Waals surface area contributed by atoms with Gasteiger partial charge < -0.3 is 18.7 Å². The fourth-order valence-electron chi connectivity index (χ4n) is 3.83. The molecule has 1 aliphatic heterocycles. The van der Waals surface area contributed by atoms with Gasteiger partial charge in [0.2, 0.25) is 0 Å². The highest BCUT2D eigenvalue weighted by molar-refractivity contribution is 8.18. The Morgan fingerprint density at radius 2 is 1.43 bits per heavy atom. The number of ether oxygens (including phenoxy) is 1. The largest absolute Gasteiger partial charge is 0.414 e. The molecule has 2 atom stereocenters. The molecular formula is C29H54O4S2Si2. The van der Waals surface area contributed by atoms with Crippen molar-refractivity contribution in [3.05, 3.63) is 35.9 Å². The summed E-state index contributed by atoms with van der Waals surface area (Å²) in [6.07, 6.45) is 2.32. The molecule has 0 radical (unpaired) electrons. The van der Waals surface area contributed by atoms with Crippen molar-refractivity contribution in [2.24, 2.45) is 0 Å². The summed E-state index contributed by atoms with van der Waals surface area (Å²) in [6, 6.07) is 10.4. The van der Waals surface area contributed by atoms with Crippen LogP contribution in [0.2, 0.25) is 36.3 Å². The van der Waals surface area contributed by atoms with E-state index in [1.54, 1.807) is 0 Å². The molecule has 1 aliphatic rings. The monoisotopic (exact) mass is 586 g/mol. The minimum absolute atomic E-state index is 0.00351. The fourth-order valence-corrected chi connectivity index (χ4v) is 9.78. The summed E-state index contributed by atoms with van der Waals surface area (Å²) in [4.78, 5) is 0. The van der Waals surface area contributed by atoms with Gasteiger partial charge in [0.05, 0.1) is 36.1 Å². The van der Waals surface area contributed by atoms with E-state index in [-0.39, 0.29) is 20.3 Å². The van der Waals surface area contributed by atoms with E-state index in [2.05, 4.69) is 92.0 Å². The molecule has 0 unspecified atom stereocenters. The molecule has 1 saturated heterocycles. The van der Waals surface area contributed by atoms with Crippen molar-refractivity contribution in [1.29, 1.82) is 0 Å². The Kier molecular flexibility index (Phi) is 12.4. The Labute approximate surface area is 238 Å². The van der Waals surface area contributed by atoms with Crippen molar-refractivity contribution in [1.82, 2.24) is 0 Å². The molecule has 1 aromatic rings. The second-order valence-corrected chi connectivity index (χ2v) is 26.4. The maximum atomic E-state index is 11.2. The van der Waals surface area contributed by atoms with Crippen LogP contribution >= 0.6 is 23.5 Å². The predicted molar refractivity (Wildman–Crippen MR) is 169 cm³/mol. The van der Waals surface area contributed by atoms with E-state index in [9.17, 15) is 5.11 Å². The summed E-state index contributed by atoms with van der Waals surface area (Å²) < 4.78 is 19.6. The topological polar surface area (TPSA) is 47.9 Å². The third-order valence-corrected chi connectivity index (χ3v) is 20.7. The van der Waals surface area contributed by atoms with E-state index in [0.717, 1.165) is 17.9 Å². The van der Waals surface area contributed by atoms with Crippen LogP contribution in [0.5, 0.6) is 0 Å². The van der Waals surface area contributed by atoms with Crippen LogP contribution in [-0.2, 0) is 20.2 Å². The molecule has 214 valence electrons. The first-order valence-corrected chi connectivity index (χ1v) is 21.6. The molecule has 37 heavy (non-hydrogen) atoms. The molecule has 1 fully saturated rings. The zero-order chi connectivity index (χ0) is 28.0. The Bertz CT molecular complexity index is 800. The Morgan fingerprint density at radius 3 is 1.97 bits per heavy atom. The van der Waals surface area contributed by atoms with E-state index >= 15 is 0 Å². The summed E-state index contributed by atoms with van der Waals surface area (Å²) in [7, 11) is -3.90. The number of thioether (sulfide) groups is 2. The molecular weight excluding hydrogens is 533 g/mol. The lowest BCUT2D eigenvalue weighted by atomic mass is 10.1. The highest BCUT2D eigenvalue weighted by Crippen LogP contribution is 2.50. The Balaban J connectivity index is 2.15. The van der Waals surface area contributed by atoms with Gasteiger partial charge >= 0.3 is 0 Å². The van der Waals surface area contributed by atoms with Gasteiger partial charge in [-0.05, 0) is 72.6 Å². The average Bonchev–Trinajstić information content (AvgIpc) is 2.77. The summed E-state index contributed by atoms with van der Waals surface area (Å²) in [5.41, 5.74) is 1.18. The zero-order valence-corrected chi connectivity index (χ0v) is 28.8. The van der Waals surface area contributed by atoms with Gasteiger partial charge in [0.1, 0.15) is 0 Å². The van der Waals surface area contributed by atoms with Gasteiger partial charge in [-0.2, -0.15) is 0 Å². The van der Waals surface area contributed by atoms with Crippen LogP contribution in [0, 0.1) is 0 Å². The average molecular weight is 587 g/mol. The molecule has 4 nitrogen and oxygen atoms in total. The third-order valence-electron chi connectivity index (χ3n) is 8.23. The van der Waals surface area contributed by atoms with Gasteiger partial charge in [-0.15, -0.1) is 23.5 Å². The number of rotatable bonds is 13. The van der Waals surface area contributed by atoms with E-state index in [1.807, 2.05) is 29.6 Å². The van der Waals surface area contributed by atoms with Gasteiger partial charge in [-0.1, -0.05) is 71.9 Å². The first kappa shape index (κ1) is 33.4. The summed E-state index contributed by atoms with van der Waals surface area (Å²) in [6.45, 7) is 24.4.